The van der Waals surface area contributed by atoms with Crippen LogP contribution in [0.5, 0.6) is 0 Å². The Kier molecular flexibility index (Phi) is 5.41. The predicted molar refractivity (Wildman–Crippen MR) is 79.5 cm³/mol. The van der Waals surface area contributed by atoms with Gasteiger partial charge in [0.2, 0.25) is 0 Å². The molecule has 5 heteroatoms. The largest absolute Gasteiger partial charge is 0.308 e. The molecule has 1 heterocycles. The molecular formula is C13H24N4S. The summed E-state index contributed by atoms with van der Waals surface area (Å²) >= 11 is 1.86. The molecule has 102 valence electrons. The van der Waals surface area contributed by atoms with Gasteiger partial charge in [-0.2, -0.15) is 11.8 Å². The summed E-state index contributed by atoms with van der Waals surface area (Å²) in [5, 5.41) is 0. The Balaban J connectivity index is 2.84. The molecule has 0 aliphatic carbocycles. The lowest BCUT2D eigenvalue weighted by atomic mass is 9.92. The van der Waals surface area contributed by atoms with Gasteiger partial charge < -0.3 is 5.43 Å². The van der Waals surface area contributed by atoms with Crippen molar-refractivity contribution in [1.82, 2.24) is 9.97 Å². The second-order valence-electron chi connectivity index (χ2n) is 5.86. The molecule has 4 nitrogen and oxygen atoms in total. The summed E-state index contributed by atoms with van der Waals surface area (Å²) in [5.41, 5.74) is 3.64. The fourth-order valence-electron chi connectivity index (χ4n) is 1.41. The summed E-state index contributed by atoms with van der Waals surface area (Å²) in [5.74, 6) is 9.64. The minimum absolute atomic E-state index is 0.00596. The minimum atomic E-state index is 0.00596. The van der Waals surface area contributed by atoms with Crippen molar-refractivity contribution >= 4 is 17.6 Å². The van der Waals surface area contributed by atoms with E-state index in [9.17, 15) is 0 Å². The monoisotopic (exact) mass is 268 g/mol. The predicted octanol–water partition coefficient (Wildman–Crippen LogP) is 2.95. The highest BCUT2D eigenvalue weighted by molar-refractivity contribution is 7.98. The SMILES string of the molecule is CC(C)CSCc1nc(NN)cc(C(C)(C)C)n1. The molecule has 0 unspecified atom stereocenters. The van der Waals surface area contributed by atoms with E-state index in [0.717, 1.165) is 23.0 Å². The number of hydrazine groups is 1. The van der Waals surface area contributed by atoms with Crippen molar-refractivity contribution in [2.24, 2.45) is 11.8 Å². The number of hydrogen-bond acceptors (Lipinski definition) is 5. The highest BCUT2D eigenvalue weighted by Gasteiger charge is 2.17. The normalized spacial score (nSPS) is 11.9. The Morgan fingerprint density at radius 2 is 2.00 bits per heavy atom. The quantitative estimate of drug-likeness (QED) is 0.635. The van der Waals surface area contributed by atoms with Gasteiger partial charge in [-0.05, 0) is 11.7 Å². The van der Waals surface area contributed by atoms with Crippen LogP contribution in [0.4, 0.5) is 5.82 Å². The smallest absolute Gasteiger partial charge is 0.143 e. The Labute approximate surface area is 114 Å². The van der Waals surface area contributed by atoms with E-state index in [2.05, 4.69) is 50.0 Å². The zero-order valence-corrected chi connectivity index (χ0v) is 12.8. The molecule has 0 saturated carbocycles. The lowest BCUT2D eigenvalue weighted by molar-refractivity contribution is 0.564. The van der Waals surface area contributed by atoms with Gasteiger partial charge in [0.05, 0.1) is 11.4 Å². The molecule has 1 aromatic heterocycles. The average molecular weight is 268 g/mol. The molecule has 0 aliphatic heterocycles. The Morgan fingerprint density at radius 3 is 2.50 bits per heavy atom. The first-order valence-corrected chi connectivity index (χ1v) is 7.41. The number of nitrogens with one attached hydrogen (secondary N) is 1. The number of rotatable bonds is 5. The first-order chi connectivity index (χ1) is 8.32. The first-order valence-electron chi connectivity index (χ1n) is 6.25. The van der Waals surface area contributed by atoms with Gasteiger partial charge in [-0.1, -0.05) is 34.6 Å². The number of anilines is 1. The van der Waals surface area contributed by atoms with Crippen molar-refractivity contribution in [3.8, 4) is 0 Å². The second-order valence-corrected chi connectivity index (χ2v) is 6.89. The summed E-state index contributed by atoms with van der Waals surface area (Å²) in [6, 6.07) is 1.91. The highest BCUT2D eigenvalue weighted by Crippen LogP contribution is 2.23. The van der Waals surface area contributed by atoms with E-state index in [1.165, 1.54) is 0 Å². The van der Waals surface area contributed by atoms with Crippen molar-refractivity contribution in [3.63, 3.8) is 0 Å². The van der Waals surface area contributed by atoms with Crippen molar-refractivity contribution in [1.29, 1.82) is 0 Å². The third-order valence-electron chi connectivity index (χ3n) is 2.37. The van der Waals surface area contributed by atoms with Crippen LogP contribution in [0.15, 0.2) is 6.07 Å². The third kappa shape index (κ3) is 4.82. The molecular weight excluding hydrogens is 244 g/mol. The Bertz CT molecular complexity index is 385. The molecule has 0 bridgehead atoms. The van der Waals surface area contributed by atoms with Crippen LogP contribution in [0.2, 0.25) is 0 Å². The molecule has 0 saturated heterocycles. The van der Waals surface area contributed by atoms with Crippen LogP contribution in [-0.4, -0.2) is 15.7 Å². The van der Waals surface area contributed by atoms with Gasteiger partial charge in [0.15, 0.2) is 0 Å². The van der Waals surface area contributed by atoms with Crippen LogP contribution >= 0.6 is 11.8 Å². The topological polar surface area (TPSA) is 63.8 Å². The number of hydrogen-bond donors (Lipinski definition) is 2. The Morgan fingerprint density at radius 1 is 1.33 bits per heavy atom. The maximum absolute atomic E-state index is 5.46. The number of thioether (sulfide) groups is 1. The van der Waals surface area contributed by atoms with Gasteiger partial charge in [0.25, 0.3) is 0 Å². The van der Waals surface area contributed by atoms with Gasteiger partial charge in [0.1, 0.15) is 11.6 Å². The van der Waals surface area contributed by atoms with E-state index >= 15 is 0 Å². The molecule has 0 fully saturated rings. The average Bonchev–Trinajstić information content (AvgIpc) is 2.27. The lowest BCUT2D eigenvalue weighted by Crippen LogP contribution is -2.18. The van der Waals surface area contributed by atoms with Crippen LogP contribution in [0.1, 0.15) is 46.1 Å². The minimum Gasteiger partial charge on any atom is -0.308 e. The highest BCUT2D eigenvalue weighted by atomic mass is 32.2. The maximum Gasteiger partial charge on any atom is 0.143 e. The van der Waals surface area contributed by atoms with Crippen molar-refractivity contribution in [3.05, 3.63) is 17.6 Å². The molecule has 0 atom stereocenters. The molecule has 1 rings (SSSR count). The first kappa shape index (κ1) is 15.2. The van der Waals surface area contributed by atoms with Gasteiger partial charge in [-0.25, -0.2) is 15.8 Å². The standard InChI is InChI=1S/C13H24N4S/c1-9(2)7-18-8-12-15-10(13(3,4)5)6-11(16-12)17-14/h6,9H,7-8,14H2,1-5H3,(H,15,16,17). The van der Waals surface area contributed by atoms with Crippen LogP contribution < -0.4 is 11.3 Å². The molecule has 0 amide bonds. The van der Waals surface area contributed by atoms with E-state index < -0.39 is 0 Å². The Hall–Kier alpha value is -0.810. The summed E-state index contributed by atoms with van der Waals surface area (Å²) in [7, 11) is 0. The zero-order chi connectivity index (χ0) is 13.8. The molecule has 0 aromatic carbocycles. The summed E-state index contributed by atoms with van der Waals surface area (Å²) in [6.07, 6.45) is 0. The zero-order valence-electron chi connectivity index (χ0n) is 11.9. The number of aromatic nitrogens is 2. The summed E-state index contributed by atoms with van der Waals surface area (Å²) < 4.78 is 0. The van der Waals surface area contributed by atoms with Gasteiger partial charge in [-0.3, -0.25) is 0 Å². The van der Waals surface area contributed by atoms with Gasteiger partial charge in [0, 0.05) is 11.5 Å². The molecule has 1 aromatic rings. The fraction of sp³-hybridized carbons (Fsp3) is 0.692. The van der Waals surface area contributed by atoms with E-state index in [-0.39, 0.29) is 5.41 Å². The van der Waals surface area contributed by atoms with Gasteiger partial charge in [-0.15, -0.1) is 0 Å². The summed E-state index contributed by atoms with van der Waals surface area (Å²) in [6.45, 7) is 10.8. The van der Waals surface area contributed by atoms with Crippen molar-refractivity contribution in [2.45, 2.75) is 45.8 Å². The van der Waals surface area contributed by atoms with Crippen LogP contribution in [0.3, 0.4) is 0 Å². The van der Waals surface area contributed by atoms with E-state index in [1.54, 1.807) is 0 Å². The molecule has 3 N–H and O–H groups in total. The van der Waals surface area contributed by atoms with Crippen molar-refractivity contribution < 1.29 is 0 Å². The van der Waals surface area contributed by atoms with Crippen LogP contribution in [-0.2, 0) is 11.2 Å². The third-order valence-corrected chi connectivity index (χ3v) is 3.74. The lowest BCUT2D eigenvalue weighted by Gasteiger charge is -2.19. The van der Waals surface area contributed by atoms with E-state index in [4.69, 9.17) is 5.84 Å². The van der Waals surface area contributed by atoms with E-state index in [0.29, 0.717) is 11.7 Å². The molecule has 0 radical (unpaired) electrons. The number of nitrogens with zero attached hydrogens (tertiary/aromatic N) is 2. The molecule has 18 heavy (non-hydrogen) atoms. The second kappa shape index (κ2) is 6.38. The van der Waals surface area contributed by atoms with Gasteiger partial charge >= 0.3 is 0 Å². The maximum atomic E-state index is 5.46. The number of nitrogens with two attached hydrogens (primary N) is 1. The number of nitrogen functional groups attached to an aromatic ring is 1. The fourth-order valence-corrected chi connectivity index (χ4v) is 2.31. The van der Waals surface area contributed by atoms with E-state index in [1.807, 2.05) is 17.8 Å². The summed E-state index contributed by atoms with van der Waals surface area (Å²) in [4.78, 5) is 9.02. The van der Waals surface area contributed by atoms with Crippen LogP contribution in [0.25, 0.3) is 0 Å². The van der Waals surface area contributed by atoms with Crippen molar-refractivity contribution in [2.75, 3.05) is 11.2 Å². The van der Waals surface area contributed by atoms with Crippen LogP contribution in [0, 0.1) is 5.92 Å². The molecule has 0 aliphatic rings. The molecule has 0 spiro atoms.